The van der Waals surface area contributed by atoms with E-state index in [0.29, 0.717) is 21.5 Å². The van der Waals surface area contributed by atoms with Crippen LogP contribution in [0.2, 0.25) is 10.0 Å². The highest BCUT2D eigenvalue weighted by Crippen LogP contribution is 2.28. The summed E-state index contributed by atoms with van der Waals surface area (Å²) >= 11 is 13.1. The van der Waals surface area contributed by atoms with Gasteiger partial charge in [0.25, 0.3) is 5.91 Å². The molecule has 0 fully saturated rings. The molecule has 1 atom stereocenters. The molecule has 0 bridgehead atoms. The largest absolute Gasteiger partial charge is 0.495 e. The summed E-state index contributed by atoms with van der Waals surface area (Å²) in [6.45, 7) is 1.31. The molecule has 2 aromatic carbocycles. The number of hydrogen-bond donors (Lipinski definition) is 1. The fraction of sp³-hybridized carbons (Fsp3) is 0.222. The Kier molecular flexibility index (Phi) is 7.63. The van der Waals surface area contributed by atoms with Crippen LogP contribution in [-0.2, 0) is 14.3 Å². The molecular weight excluding hydrogens is 397 g/mol. The zero-order valence-corrected chi connectivity index (χ0v) is 16.5. The van der Waals surface area contributed by atoms with Gasteiger partial charge in [0.05, 0.1) is 12.8 Å². The summed E-state index contributed by atoms with van der Waals surface area (Å²) in [5.41, 5.74) is 0.407. The average Bonchev–Trinajstić information content (AvgIpc) is 2.61. The minimum Gasteiger partial charge on any atom is -0.495 e. The van der Waals surface area contributed by atoms with E-state index in [2.05, 4.69) is 5.32 Å². The molecule has 2 rings (SSSR count). The number of ether oxygens (including phenoxy) is 2. The van der Waals surface area contributed by atoms with Crippen molar-refractivity contribution in [3.05, 3.63) is 52.5 Å². The third-order valence-electron chi connectivity index (χ3n) is 3.24. The fourth-order valence-electron chi connectivity index (χ4n) is 1.98. The maximum absolute atomic E-state index is 12.1. The molecule has 1 amide bonds. The van der Waals surface area contributed by atoms with Gasteiger partial charge >= 0.3 is 5.97 Å². The minimum absolute atomic E-state index is 0.403. The second kappa shape index (κ2) is 9.71. The summed E-state index contributed by atoms with van der Waals surface area (Å²) in [6.07, 6.45) is 0. The van der Waals surface area contributed by atoms with E-state index in [9.17, 15) is 9.59 Å². The summed E-state index contributed by atoms with van der Waals surface area (Å²) in [4.78, 5) is 24.9. The Bertz CT molecular complexity index is 783. The third kappa shape index (κ3) is 6.12. The van der Waals surface area contributed by atoms with E-state index in [1.165, 1.54) is 18.9 Å². The zero-order chi connectivity index (χ0) is 19.1. The molecule has 5 nitrogen and oxygen atoms in total. The first kappa shape index (κ1) is 20.4. The van der Waals surface area contributed by atoms with Gasteiger partial charge in [0.1, 0.15) is 11.0 Å². The van der Waals surface area contributed by atoms with Crippen molar-refractivity contribution in [2.24, 2.45) is 0 Å². The van der Waals surface area contributed by atoms with Crippen LogP contribution < -0.4 is 10.1 Å². The fourth-order valence-corrected chi connectivity index (χ4v) is 3.15. The predicted octanol–water partition coefficient (Wildman–Crippen LogP) is 4.66. The Morgan fingerprint density at radius 2 is 1.77 bits per heavy atom. The maximum atomic E-state index is 12.1. The minimum atomic E-state index is -0.488. The van der Waals surface area contributed by atoms with E-state index < -0.39 is 23.7 Å². The Labute approximate surface area is 166 Å². The zero-order valence-electron chi connectivity index (χ0n) is 14.1. The highest BCUT2D eigenvalue weighted by atomic mass is 35.5. The van der Waals surface area contributed by atoms with E-state index in [4.69, 9.17) is 32.7 Å². The van der Waals surface area contributed by atoms with Crippen molar-refractivity contribution < 1.29 is 19.1 Å². The first-order chi connectivity index (χ1) is 12.4. The molecular formula is C18H17Cl2NO4S. The van der Waals surface area contributed by atoms with Crippen LogP contribution in [0.5, 0.6) is 5.75 Å². The number of rotatable bonds is 7. The highest BCUT2D eigenvalue weighted by molar-refractivity contribution is 8.00. The lowest BCUT2D eigenvalue weighted by atomic mass is 10.3. The molecule has 0 aromatic heterocycles. The van der Waals surface area contributed by atoms with Gasteiger partial charge in [-0.3, -0.25) is 9.59 Å². The lowest BCUT2D eigenvalue weighted by Crippen LogP contribution is -2.25. The summed E-state index contributed by atoms with van der Waals surface area (Å²) in [6, 6.07) is 11.9. The van der Waals surface area contributed by atoms with Gasteiger partial charge in [0.2, 0.25) is 0 Å². The number of amides is 1. The smallest absolute Gasteiger partial charge is 0.319 e. The highest BCUT2D eigenvalue weighted by Gasteiger charge is 2.18. The van der Waals surface area contributed by atoms with Crippen LogP contribution >= 0.6 is 35.0 Å². The summed E-state index contributed by atoms with van der Waals surface area (Å²) in [5, 5.41) is 3.21. The molecule has 1 N–H and O–H groups in total. The first-order valence-electron chi connectivity index (χ1n) is 7.61. The predicted molar refractivity (Wildman–Crippen MR) is 104 cm³/mol. The molecule has 0 spiro atoms. The Morgan fingerprint density at radius 1 is 1.12 bits per heavy atom. The van der Waals surface area contributed by atoms with Crippen LogP contribution in [0.15, 0.2) is 47.4 Å². The van der Waals surface area contributed by atoms with Crippen LogP contribution in [0.4, 0.5) is 5.69 Å². The number of hydrogen-bond acceptors (Lipinski definition) is 5. The van der Waals surface area contributed by atoms with E-state index in [1.807, 2.05) is 12.1 Å². The lowest BCUT2D eigenvalue weighted by Gasteiger charge is -2.13. The number of carbonyl (C=O) groups excluding carboxylic acids is 2. The number of thioether (sulfide) groups is 1. The normalized spacial score (nSPS) is 11.5. The number of anilines is 1. The van der Waals surface area contributed by atoms with Crippen molar-refractivity contribution >= 4 is 52.5 Å². The quantitative estimate of drug-likeness (QED) is 0.527. The van der Waals surface area contributed by atoms with E-state index >= 15 is 0 Å². The van der Waals surface area contributed by atoms with Gasteiger partial charge < -0.3 is 14.8 Å². The SMILES string of the molecule is COc1ccc(Cl)cc1NC(=O)COC(=O)[C@@H](C)Sc1ccc(Cl)cc1. The molecule has 2 aromatic rings. The van der Waals surface area contributed by atoms with Crippen LogP contribution in [0.3, 0.4) is 0 Å². The number of halogens is 2. The monoisotopic (exact) mass is 413 g/mol. The molecule has 0 saturated heterocycles. The van der Waals surface area contributed by atoms with E-state index in [1.54, 1.807) is 37.3 Å². The van der Waals surface area contributed by atoms with Crippen molar-refractivity contribution in [2.75, 3.05) is 19.0 Å². The molecule has 0 saturated carbocycles. The van der Waals surface area contributed by atoms with Crippen LogP contribution in [0.25, 0.3) is 0 Å². The van der Waals surface area contributed by atoms with Crippen LogP contribution in [0, 0.1) is 0 Å². The molecule has 0 aliphatic heterocycles. The van der Waals surface area contributed by atoms with Gasteiger partial charge in [-0.1, -0.05) is 23.2 Å². The molecule has 8 heteroatoms. The van der Waals surface area contributed by atoms with Gasteiger partial charge in [0.15, 0.2) is 6.61 Å². The Hall–Kier alpha value is -1.89. The molecule has 0 aliphatic carbocycles. The molecule has 138 valence electrons. The van der Waals surface area contributed by atoms with Gasteiger partial charge in [0, 0.05) is 14.9 Å². The molecule has 26 heavy (non-hydrogen) atoms. The molecule has 0 aliphatic rings. The van der Waals surface area contributed by atoms with Crippen molar-refractivity contribution in [1.29, 1.82) is 0 Å². The standard InChI is InChI=1S/C18H17Cl2NO4S/c1-11(26-14-6-3-12(19)4-7-14)18(23)25-10-17(22)21-15-9-13(20)5-8-16(15)24-2/h3-9,11H,10H2,1-2H3,(H,21,22)/t11-/m1/s1. The van der Waals surface area contributed by atoms with Crippen molar-refractivity contribution in [1.82, 2.24) is 0 Å². The van der Waals surface area contributed by atoms with Gasteiger partial charge in [-0.25, -0.2) is 0 Å². The summed E-state index contributed by atoms with van der Waals surface area (Å²) in [5.74, 6) is -0.512. The van der Waals surface area contributed by atoms with Gasteiger partial charge in [-0.15, -0.1) is 11.8 Å². The number of nitrogens with one attached hydrogen (secondary N) is 1. The summed E-state index contributed by atoms with van der Waals surface area (Å²) < 4.78 is 10.2. The second-order valence-electron chi connectivity index (χ2n) is 5.21. The van der Waals surface area contributed by atoms with Crippen LogP contribution in [-0.4, -0.2) is 30.8 Å². The third-order valence-corrected chi connectivity index (χ3v) is 4.82. The van der Waals surface area contributed by atoms with Crippen molar-refractivity contribution in [3.8, 4) is 5.75 Å². The topological polar surface area (TPSA) is 64.6 Å². The molecule has 0 heterocycles. The lowest BCUT2D eigenvalue weighted by molar-refractivity contribution is -0.146. The van der Waals surface area contributed by atoms with Gasteiger partial charge in [-0.2, -0.15) is 0 Å². The van der Waals surface area contributed by atoms with E-state index in [0.717, 1.165) is 4.90 Å². The maximum Gasteiger partial charge on any atom is 0.319 e. The van der Waals surface area contributed by atoms with Crippen LogP contribution in [0.1, 0.15) is 6.92 Å². The Balaban J connectivity index is 1.85. The molecule has 0 radical (unpaired) electrons. The van der Waals surface area contributed by atoms with Crippen molar-refractivity contribution in [3.63, 3.8) is 0 Å². The van der Waals surface area contributed by atoms with Gasteiger partial charge in [-0.05, 0) is 49.4 Å². The summed E-state index contributed by atoms with van der Waals surface area (Å²) in [7, 11) is 1.48. The number of methoxy groups -OCH3 is 1. The Morgan fingerprint density at radius 3 is 2.42 bits per heavy atom. The van der Waals surface area contributed by atoms with Crippen molar-refractivity contribution in [2.45, 2.75) is 17.1 Å². The average molecular weight is 414 g/mol. The van der Waals surface area contributed by atoms with E-state index in [-0.39, 0.29) is 0 Å². The number of esters is 1. The second-order valence-corrected chi connectivity index (χ2v) is 7.50. The molecule has 0 unspecified atom stereocenters. The number of carbonyl (C=O) groups is 2. The first-order valence-corrected chi connectivity index (χ1v) is 9.25. The number of benzene rings is 2.